The quantitative estimate of drug-likeness (QED) is 0.564. The average molecular weight is 150 g/mol. The van der Waals surface area contributed by atoms with E-state index in [4.69, 9.17) is 5.11 Å². The summed E-state index contributed by atoms with van der Waals surface area (Å²) in [5.74, 6) is 1.83. The zero-order valence-corrected chi connectivity index (χ0v) is 6.61. The summed E-state index contributed by atoms with van der Waals surface area (Å²) in [5, 5.41) is 8.95. The van der Waals surface area contributed by atoms with Gasteiger partial charge in [0.2, 0.25) is 0 Å². The summed E-state index contributed by atoms with van der Waals surface area (Å²) in [5.41, 5.74) is 0. The number of allylic oxidation sites excluding steroid dienone is 4. The molecule has 0 aromatic heterocycles. The van der Waals surface area contributed by atoms with Crippen LogP contribution in [0.25, 0.3) is 0 Å². The molecule has 60 valence electrons. The highest BCUT2D eigenvalue weighted by Gasteiger charge is 2.45. The van der Waals surface area contributed by atoms with Crippen molar-refractivity contribution < 1.29 is 5.11 Å². The second-order valence-electron chi connectivity index (χ2n) is 3.43. The monoisotopic (exact) mass is 150 g/mol. The van der Waals surface area contributed by atoms with Crippen LogP contribution < -0.4 is 0 Å². The van der Waals surface area contributed by atoms with Crippen molar-refractivity contribution in [3.05, 3.63) is 24.3 Å². The number of aliphatic hydroxyl groups excluding tert-OH is 1. The summed E-state index contributed by atoms with van der Waals surface area (Å²) in [7, 11) is 0. The van der Waals surface area contributed by atoms with E-state index in [1.807, 2.05) is 0 Å². The first-order valence-corrected chi connectivity index (χ1v) is 4.37. The van der Waals surface area contributed by atoms with Gasteiger partial charge in [-0.25, -0.2) is 0 Å². The third-order valence-electron chi connectivity index (χ3n) is 2.72. The smallest absolute Gasteiger partial charge is 0.0470 e. The molecule has 0 radical (unpaired) electrons. The molecule has 1 N–H and O–H groups in total. The van der Waals surface area contributed by atoms with Crippen LogP contribution in [0.2, 0.25) is 0 Å². The molecule has 2 unspecified atom stereocenters. The Labute approximate surface area is 67.4 Å². The summed E-state index contributed by atoms with van der Waals surface area (Å²) in [6.45, 7) is 0.351. The second-order valence-corrected chi connectivity index (χ2v) is 3.43. The van der Waals surface area contributed by atoms with Crippen molar-refractivity contribution in [3.8, 4) is 0 Å². The molecule has 1 nitrogen and oxygen atoms in total. The van der Waals surface area contributed by atoms with Crippen LogP contribution in [0.1, 0.15) is 12.8 Å². The maximum absolute atomic E-state index is 8.95. The maximum Gasteiger partial charge on any atom is 0.0470 e. The molecule has 2 rings (SSSR count). The zero-order chi connectivity index (χ0) is 7.68. The van der Waals surface area contributed by atoms with Gasteiger partial charge in [0.25, 0.3) is 0 Å². The lowest BCUT2D eigenvalue weighted by Gasteiger charge is -1.91. The van der Waals surface area contributed by atoms with Crippen LogP contribution in [0, 0.1) is 17.8 Å². The first-order chi connectivity index (χ1) is 5.43. The molecule has 0 aliphatic heterocycles. The lowest BCUT2D eigenvalue weighted by Crippen LogP contribution is -1.86. The molecular weight excluding hydrogens is 136 g/mol. The van der Waals surface area contributed by atoms with Gasteiger partial charge in [0.05, 0.1) is 0 Å². The second kappa shape index (κ2) is 2.82. The van der Waals surface area contributed by atoms with Crippen molar-refractivity contribution in [2.45, 2.75) is 12.8 Å². The molecule has 0 heterocycles. The summed E-state index contributed by atoms with van der Waals surface area (Å²) >= 11 is 0. The fraction of sp³-hybridized carbons (Fsp3) is 0.600. The van der Waals surface area contributed by atoms with Gasteiger partial charge in [-0.15, -0.1) is 0 Å². The van der Waals surface area contributed by atoms with Gasteiger partial charge in [0, 0.05) is 6.61 Å². The molecule has 0 spiro atoms. The van der Waals surface area contributed by atoms with E-state index >= 15 is 0 Å². The lowest BCUT2D eigenvalue weighted by atomic mass is 10.1. The Morgan fingerprint density at radius 2 is 1.64 bits per heavy atom. The van der Waals surface area contributed by atoms with Crippen LogP contribution in [-0.4, -0.2) is 11.7 Å². The van der Waals surface area contributed by atoms with Crippen molar-refractivity contribution in [1.82, 2.24) is 0 Å². The van der Waals surface area contributed by atoms with Gasteiger partial charge in [-0.05, 0) is 30.6 Å². The standard InChI is InChI=1S/C10H14O/c11-7-10-8-5-3-1-2-4-6-9(8)10/h3-6,8-11H,1-2,7H2/b5-3-,6-4-. The minimum absolute atomic E-state index is 0.351. The SMILES string of the molecule is OCC1C2/C=C\CC/C=C\C21. The fourth-order valence-corrected chi connectivity index (χ4v) is 1.91. The van der Waals surface area contributed by atoms with Crippen molar-refractivity contribution in [2.24, 2.45) is 17.8 Å². The minimum Gasteiger partial charge on any atom is -0.396 e. The molecule has 11 heavy (non-hydrogen) atoms. The Kier molecular flexibility index (Phi) is 1.82. The summed E-state index contributed by atoms with van der Waals surface area (Å²) in [4.78, 5) is 0. The van der Waals surface area contributed by atoms with Crippen molar-refractivity contribution in [2.75, 3.05) is 6.61 Å². The number of hydrogen-bond acceptors (Lipinski definition) is 1. The Morgan fingerprint density at radius 3 is 2.09 bits per heavy atom. The van der Waals surface area contributed by atoms with Crippen LogP contribution in [0.4, 0.5) is 0 Å². The van der Waals surface area contributed by atoms with E-state index in [-0.39, 0.29) is 0 Å². The Balaban J connectivity index is 2.04. The molecule has 1 saturated carbocycles. The van der Waals surface area contributed by atoms with Gasteiger partial charge in [-0.1, -0.05) is 24.3 Å². The largest absolute Gasteiger partial charge is 0.396 e. The fourth-order valence-electron chi connectivity index (χ4n) is 1.91. The van der Waals surface area contributed by atoms with Crippen LogP contribution in [-0.2, 0) is 0 Å². The van der Waals surface area contributed by atoms with Crippen molar-refractivity contribution in [3.63, 3.8) is 0 Å². The Bertz CT molecular complexity index is 173. The molecule has 0 saturated heterocycles. The van der Waals surface area contributed by atoms with Gasteiger partial charge in [-0.2, -0.15) is 0 Å². The lowest BCUT2D eigenvalue weighted by molar-refractivity contribution is 0.269. The molecule has 0 bridgehead atoms. The molecule has 0 aromatic rings. The highest BCUT2D eigenvalue weighted by atomic mass is 16.3. The molecule has 2 atom stereocenters. The van der Waals surface area contributed by atoms with Gasteiger partial charge < -0.3 is 5.11 Å². The minimum atomic E-state index is 0.351. The van der Waals surface area contributed by atoms with E-state index in [2.05, 4.69) is 24.3 Å². The van der Waals surface area contributed by atoms with Gasteiger partial charge in [0.1, 0.15) is 0 Å². The Hall–Kier alpha value is -0.560. The molecule has 0 aromatic carbocycles. The first-order valence-electron chi connectivity index (χ1n) is 4.37. The van der Waals surface area contributed by atoms with Crippen LogP contribution in [0.3, 0.4) is 0 Å². The zero-order valence-electron chi connectivity index (χ0n) is 6.61. The van der Waals surface area contributed by atoms with Crippen LogP contribution in [0.5, 0.6) is 0 Å². The molecule has 1 fully saturated rings. The molecule has 0 amide bonds. The van der Waals surface area contributed by atoms with E-state index < -0.39 is 0 Å². The van der Waals surface area contributed by atoms with Crippen molar-refractivity contribution >= 4 is 0 Å². The number of fused-ring (bicyclic) bond motifs is 1. The van der Waals surface area contributed by atoms with E-state index in [0.29, 0.717) is 24.4 Å². The van der Waals surface area contributed by atoms with E-state index in [1.165, 1.54) is 0 Å². The number of rotatable bonds is 1. The molecule has 2 aliphatic rings. The predicted molar refractivity (Wildman–Crippen MR) is 45.1 cm³/mol. The first kappa shape index (κ1) is 7.11. The van der Waals surface area contributed by atoms with Gasteiger partial charge >= 0.3 is 0 Å². The Morgan fingerprint density at radius 1 is 1.09 bits per heavy atom. The topological polar surface area (TPSA) is 20.2 Å². The summed E-state index contributed by atoms with van der Waals surface area (Å²) < 4.78 is 0. The van der Waals surface area contributed by atoms with Crippen LogP contribution >= 0.6 is 0 Å². The maximum atomic E-state index is 8.95. The molecule has 1 heteroatoms. The highest BCUT2D eigenvalue weighted by molar-refractivity contribution is 5.17. The van der Waals surface area contributed by atoms with Gasteiger partial charge in [-0.3, -0.25) is 0 Å². The normalized spacial score (nSPS) is 46.8. The number of hydrogen-bond donors (Lipinski definition) is 1. The predicted octanol–water partition coefficient (Wildman–Crippen LogP) is 1.75. The average Bonchev–Trinajstić information content (AvgIpc) is 2.60. The van der Waals surface area contributed by atoms with E-state index in [1.54, 1.807) is 0 Å². The van der Waals surface area contributed by atoms with E-state index in [0.717, 1.165) is 12.8 Å². The third-order valence-corrected chi connectivity index (χ3v) is 2.72. The highest BCUT2D eigenvalue weighted by Crippen LogP contribution is 2.48. The van der Waals surface area contributed by atoms with Crippen LogP contribution in [0.15, 0.2) is 24.3 Å². The molecule has 2 aliphatic carbocycles. The van der Waals surface area contributed by atoms with Crippen molar-refractivity contribution in [1.29, 1.82) is 0 Å². The van der Waals surface area contributed by atoms with E-state index in [9.17, 15) is 0 Å². The van der Waals surface area contributed by atoms with Gasteiger partial charge in [0.15, 0.2) is 0 Å². The number of aliphatic hydroxyl groups is 1. The third kappa shape index (κ3) is 1.25. The molecular formula is C10H14O. The summed E-state index contributed by atoms with van der Waals surface area (Å²) in [6.07, 6.45) is 11.4. The summed E-state index contributed by atoms with van der Waals surface area (Å²) in [6, 6.07) is 0.